The van der Waals surface area contributed by atoms with E-state index in [1.165, 1.54) is 12.8 Å². The Balaban J connectivity index is 1.94. The molecule has 1 amide bonds. The summed E-state index contributed by atoms with van der Waals surface area (Å²) in [7, 11) is 2.10. The molecule has 0 radical (unpaired) electrons. The molecule has 4 nitrogen and oxygen atoms in total. The van der Waals surface area contributed by atoms with Crippen molar-refractivity contribution in [2.24, 2.45) is 0 Å². The third-order valence-electron chi connectivity index (χ3n) is 2.47. The van der Waals surface area contributed by atoms with E-state index in [0.29, 0.717) is 19.6 Å². The first-order valence-electron chi connectivity index (χ1n) is 5.35. The van der Waals surface area contributed by atoms with Crippen LogP contribution in [-0.4, -0.2) is 50.1 Å². The number of likely N-dealkylation sites (N-methyl/N-ethyl adjacent to an activating group) is 1. The summed E-state index contributed by atoms with van der Waals surface area (Å²) in [6, 6.07) is 0.751. The molecule has 2 N–H and O–H groups in total. The molecule has 0 atom stereocenters. The molecular formula is C11H19N3O. The second-order valence-electron chi connectivity index (χ2n) is 3.87. The molecule has 1 aliphatic rings. The van der Waals surface area contributed by atoms with Crippen LogP contribution in [0.2, 0.25) is 0 Å². The quantitative estimate of drug-likeness (QED) is 0.435. The summed E-state index contributed by atoms with van der Waals surface area (Å²) in [6.07, 6.45) is 7.64. The Kier molecular flexibility index (Phi) is 5.16. The van der Waals surface area contributed by atoms with E-state index in [2.05, 4.69) is 28.5 Å². The number of carbonyl (C=O) groups is 1. The lowest BCUT2D eigenvalue weighted by molar-refractivity contribution is -0.120. The predicted octanol–water partition coefficient (Wildman–Crippen LogP) is -0.580. The van der Waals surface area contributed by atoms with Crippen LogP contribution in [0.25, 0.3) is 0 Å². The van der Waals surface area contributed by atoms with Crippen molar-refractivity contribution in [2.75, 3.05) is 33.2 Å². The summed E-state index contributed by atoms with van der Waals surface area (Å²) >= 11 is 0. The van der Waals surface area contributed by atoms with Crippen LogP contribution in [0.4, 0.5) is 0 Å². The summed E-state index contributed by atoms with van der Waals surface area (Å²) in [4.78, 5) is 13.5. The summed E-state index contributed by atoms with van der Waals surface area (Å²) < 4.78 is 0. The fourth-order valence-electron chi connectivity index (χ4n) is 1.38. The van der Waals surface area contributed by atoms with Gasteiger partial charge in [0.2, 0.25) is 5.91 Å². The molecule has 0 aliphatic heterocycles. The van der Waals surface area contributed by atoms with Crippen molar-refractivity contribution in [1.29, 1.82) is 0 Å². The summed E-state index contributed by atoms with van der Waals surface area (Å²) in [6.45, 7) is 2.38. The Morgan fingerprint density at radius 2 is 2.33 bits per heavy atom. The molecule has 0 aromatic rings. The van der Waals surface area contributed by atoms with Crippen LogP contribution in [-0.2, 0) is 4.79 Å². The van der Waals surface area contributed by atoms with Crippen LogP contribution in [0, 0.1) is 12.3 Å². The van der Waals surface area contributed by atoms with Crippen molar-refractivity contribution < 1.29 is 4.79 Å². The highest BCUT2D eigenvalue weighted by Crippen LogP contribution is 2.24. The molecule has 0 aromatic heterocycles. The maximum Gasteiger partial charge on any atom is 0.234 e. The summed E-state index contributed by atoms with van der Waals surface area (Å²) in [5.41, 5.74) is 0. The monoisotopic (exact) mass is 209 g/mol. The van der Waals surface area contributed by atoms with Crippen LogP contribution >= 0.6 is 0 Å². The molecule has 1 rings (SSSR count). The van der Waals surface area contributed by atoms with Gasteiger partial charge in [0.15, 0.2) is 0 Å². The SMILES string of the molecule is C#CCNCC(=O)NCCN(C)C1CC1. The van der Waals surface area contributed by atoms with Gasteiger partial charge in [0.25, 0.3) is 0 Å². The van der Waals surface area contributed by atoms with E-state index in [0.717, 1.165) is 12.6 Å². The van der Waals surface area contributed by atoms with Crippen LogP contribution in [0.5, 0.6) is 0 Å². The number of terminal acetylenes is 1. The van der Waals surface area contributed by atoms with E-state index in [-0.39, 0.29) is 5.91 Å². The standard InChI is InChI=1S/C11H19N3O/c1-3-6-12-9-11(15)13-7-8-14(2)10-4-5-10/h1,10,12H,4-9H2,2H3,(H,13,15). The van der Waals surface area contributed by atoms with Gasteiger partial charge in [-0.1, -0.05) is 5.92 Å². The maximum absolute atomic E-state index is 11.2. The first-order chi connectivity index (χ1) is 7.24. The average Bonchev–Trinajstić information content (AvgIpc) is 3.01. The van der Waals surface area contributed by atoms with Gasteiger partial charge in [-0.2, -0.15) is 0 Å². The van der Waals surface area contributed by atoms with E-state index >= 15 is 0 Å². The molecule has 84 valence electrons. The highest BCUT2D eigenvalue weighted by atomic mass is 16.1. The minimum absolute atomic E-state index is 0.00875. The van der Waals surface area contributed by atoms with Crippen LogP contribution in [0.15, 0.2) is 0 Å². The van der Waals surface area contributed by atoms with Crippen molar-refractivity contribution in [3.05, 3.63) is 0 Å². The average molecular weight is 209 g/mol. The van der Waals surface area contributed by atoms with Gasteiger partial charge in [-0.3, -0.25) is 10.1 Å². The fourth-order valence-corrected chi connectivity index (χ4v) is 1.38. The Morgan fingerprint density at radius 3 is 2.93 bits per heavy atom. The van der Waals surface area contributed by atoms with E-state index in [4.69, 9.17) is 6.42 Å². The largest absolute Gasteiger partial charge is 0.354 e. The normalized spacial score (nSPS) is 15.0. The summed E-state index contributed by atoms with van der Waals surface area (Å²) in [5, 5.41) is 5.69. The third-order valence-corrected chi connectivity index (χ3v) is 2.47. The number of nitrogens with one attached hydrogen (secondary N) is 2. The highest BCUT2D eigenvalue weighted by molar-refractivity contribution is 5.77. The lowest BCUT2D eigenvalue weighted by Crippen LogP contribution is -2.38. The Hall–Kier alpha value is -1.05. The van der Waals surface area contributed by atoms with Crippen LogP contribution in [0.1, 0.15) is 12.8 Å². The topological polar surface area (TPSA) is 44.4 Å². The van der Waals surface area contributed by atoms with Crippen LogP contribution < -0.4 is 10.6 Å². The molecule has 0 spiro atoms. The van der Waals surface area contributed by atoms with Gasteiger partial charge in [-0.15, -0.1) is 6.42 Å². The molecule has 0 bridgehead atoms. The molecule has 0 unspecified atom stereocenters. The molecule has 0 heterocycles. The van der Waals surface area contributed by atoms with Gasteiger partial charge >= 0.3 is 0 Å². The van der Waals surface area contributed by atoms with Crippen molar-refractivity contribution >= 4 is 5.91 Å². The van der Waals surface area contributed by atoms with Gasteiger partial charge in [0.1, 0.15) is 0 Å². The first kappa shape index (κ1) is 12.0. The Labute approximate surface area is 91.4 Å². The Morgan fingerprint density at radius 1 is 1.60 bits per heavy atom. The lowest BCUT2D eigenvalue weighted by atomic mass is 10.4. The van der Waals surface area contributed by atoms with Gasteiger partial charge < -0.3 is 10.2 Å². The predicted molar refractivity (Wildman–Crippen MR) is 60.4 cm³/mol. The van der Waals surface area contributed by atoms with Gasteiger partial charge in [0.05, 0.1) is 13.1 Å². The summed E-state index contributed by atoms with van der Waals surface area (Å²) in [5.74, 6) is 2.43. The minimum Gasteiger partial charge on any atom is -0.354 e. The molecule has 1 fully saturated rings. The van der Waals surface area contributed by atoms with E-state index in [1.54, 1.807) is 0 Å². The van der Waals surface area contributed by atoms with Gasteiger partial charge in [-0.25, -0.2) is 0 Å². The third kappa shape index (κ3) is 5.40. The van der Waals surface area contributed by atoms with Crippen molar-refractivity contribution in [3.8, 4) is 12.3 Å². The zero-order valence-electron chi connectivity index (χ0n) is 9.25. The van der Waals surface area contributed by atoms with E-state index in [9.17, 15) is 4.79 Å². The van der Waals surface area contributed by atoms with Gasteiger partial charge in [-0.05, 0) is 19.9 Å². The zero-order valence-corrected chi connectivity index (χ0v) is 9.25. The number of amides is 1. The molecule has 0 saturated heterocycles. The zero-order chi connectivity index (χ0) is 11.1. The maximum atomic E-state index is 11.2. The van der Waals surface area contributed by atoms with E-state index in [1.807, 2.05) is 0 Å². The molecule has 1 aliphatic carbocycles. The van der Waals surface area contributed by atoms with Gasteiger partial charge in [0, 0.05) is 19.1 Å². The van der Waals surface area contributed by atoms with Crippen LogP contribution in [0.3, 0.4) is 0 Å². The minimum atomic E-state index is 0.00875. The Bertz CT molecular complexity index is 243. The first-order valence-corrected chi connectivity index (χ1v) is 5.35. The number of hydrogen-bond acceptors (Lipinski definition) is 3. The number of nitrogens with zero attached hydrogens (tertiary/aromatic N) is 1. The molecule has 1 saturated carbocycles. The second-order valence-corrected chi connectivity index (χ2v) is 3.87. The molecular weight excluding hydrogens is 190 g/mol. The molecule has 0 aromatic carbocycles. The highest BCUT2D eigenvalue weighted by Gasteiger charge is 2.25. The number of rotatable bonds is 7. The van der Waals surface area contributed by atoms with Crippen molar-refractivity contribution in [1.82, 2.24) is 15.5 Å². The molecule has 4 heteroatoms. The van der Waals surface area contributed by atoms with Crippen molar-refractivity contribution in [2.45, 2.75) is 18.9 Å². The number of carbonyl (C=O) groups excluding carboxylic acids is 1. The molecule has 15 heavy (non-hydrogen) atoms. The fraction of sp³-hybridized carbons (Fsp3) is 0.727. The lowest BCUT2D eigenvalue weighted by Gasteiger charge is -2.15. The second kappa shape index (κ2) is 6.44. The number of hydrogen-bond donors (Lipinski definition) is 2. The van der Waals surface area contributed by atoms with Crippen molar-refractivity contribution in [3.63, 3.8) is 0 Å². The smallest absolute Gasteiger partial charge is 0.234 e. The van der Waals surface area contributed by atoms with E-state index < -0.39 is 0 Å².